The Kier molecular flexibility index (Phi) is 6.02. The van der Waals surface area contributed by atoms with E-state index in [0.717, 1.165) is 6.07 Å². The van der Waals surface area contributed by atoms with Gasteiger partial charge >= 0.3 is 6.18 Å². The molecule has 0 saturated heterocycles. The van der Waals surface area contributed by atoms with Crippen LogP contribution in [0.15, 0.2) is 24.3 Å². The minimum absolute atomic E-state index is 0.134. The van der Waals surface area contributed by atoms with Crippen molar-refractivity contribution in [1.82, 2.24) is 5.32 Å². The lowest BCUT2D eigenvalue weighted by molar-refractivity contribution is -0.137. The summed E-state index contributed by atoms with van der Waals surface area (Å²) in [6, 6.07) is 5.31. The van der Waals surface area contributed by atoms with Gasteiger partial charge in [-0.2, -0.15) is 13.2 Å². The van der Waals surface area contributed by atoms with E-state index < -0.39 is 11.7 Å². The largest absolute Gasteiger partial charge is 0.416 e. The van der Waals surface area contributed by atoms with Crippen molar-refractivity contribution in [2.24, 2.45) is 17.6 Å². The van der Waals surface area contributed by atoms with Gasteiger partial charge in [0.1, 0.15) is 0 Å². The number of alkyl halides is 3. The molecule has 1 rings (SSSR count). The summed E-state index contributed by atoms with van der Waals surface area (Å²) in [6.45, 7) is 7.32. The van der Waals surface area contributed by atoms with Crippen LogP contribution in [0.25, 0.3) is 0 Å². The van der Waals surface area contributed by atoms with E-state index in [1.165, 1.54) is 12.1 Å². The molecule has 0 spiro atoms. The average Bonchev–Trinajstić information content (AvgIpc) is 2.38. The predicted octanol–water partition coefficient (Wildman–Crippen LogP) is 3.59. The molecule has 2 unspecified atom stereocenters. The monoisotopic (exact) mass is 288 g/mol. The fraction of sp³-hybridized carbons (Fsp3) is 0.600. The summed E-state index contributed by atoms with van der Waals surface area (Å²) in [5.74, 6) is 0.768. The molecule has 1 aromatic carbocycles. The number of rotatable bonds is 6. The number of hydrogen-bond donors (Lipinski definition) is 2. The molecule has 0 aliphatic carbocycles. The normalized spacial score (nSPS) is 15.4. The highest BCUT2D eigenvalue weighted by Crippen LogP contribution is 2.30. The molecule has 0 aromatic heterocycles. The average molecular weight is 288 g/mol. The van der Waals surface area contributed by atoms with Gasteiger partial charge in [0.25, 0.3) is 0 Å². The summed E-state index contributed by atoms with van der Waals surface area (Å²) in [5, 5.41) is 3.26. The smallest absolute Gasteiger partial charge is 0.330 e. The van der Waals surface area contributed by atoms with Gasteiger partial charge in [-0.3, -0.25) is 0 Å². The predicted molar refractivity (Wildman–Crippen MR) is 75.2 cm³/mol. The van der Waals surface area contributed by atoms with E-state index in [9.17, 15) is 13.2 Å². The Bertz CT molecular complexity index is 416. The Hall–Kier alpha value is -1.07. The molecule has 0 aliphatic heterocycles. The molecule has 0 radical (unpaired) electrons. The van der Waals surface area contributed by atoms with Crippen molar-refractivity contribution in [3.63, 3.8) is 0 Å². The van der Waals surface area contributed by atoms with Crippen LogP contribution in [0.5, 0.6) is 0 Å². The van der Waals surface area contributed by atoms with Crippen molar-refractivity contribution in [1.29, 1.82) is 0 Å². The fourth-order valence-corrected chi connectivity index (χ4v) is 2.02. The van der Waals surface area contributed by atoms with Crippen molar-refractivity contribution in [2.75, 3.05) is 13.1 Å². The maximum Gasteiger partial charge on any atom is 0.416 e. The lowest BCUT2D eigenvalue weighted by Crippen LogP contribution is -2.33. The fourth-order valence-electron chi connectivity index (χ4n) is 2.02. The zero-order chi connectivity index (χ0) is 15.3. The third-order valence-electron chi connectivity index (χ3n) is 3.65. The second-order valence-corrected chi connectivity index (χ2v) is 5.49. The highest BCUT2D eigenvalue weighted by atomic mass is 19.4. The van der Waals surface area contributed by atoms with Gasteiger partial charge in [0, 0.05) is 6.04 Å². The van der Waals surface area contributed by atoms with E-state index in [1.807, 2.05) is 6.92 Å². The summed E-state index contributed by atoms with van der Waals surface area (Å²) < 4.78 is 38.0. The first-order valence-corrected chi connectivity index (χ1v) is 6.86. The van der Waals surface area contributed by atoms with E-state index in [-0.39, 0.29) is 6.04 Å². The summed E-state index contributed by atoms with van der Waals surface area (Å²) in [7, 11) is 0. The first kappa shape index (κ1) is 17.0. The van der Waals surface area contributed by atoms with Crippen molar-refractivity contribution >= 4 is 0 Å². The van der Waals surface area contributed by atoms with Crippen LogP contribution in [-0.4, -0.2) is 13.1 Å². The van der Waals surface area contributed by atoms with Crippen LogP contribution in [0.2, 0.25) is 0 Å². The minimum atomic E-state index is -4.30. The van der Waals surface area contributed by atoms with Crippen LogP contribution in [0.3, 0.4) is 0 Å². The third-order valence-corrected chi connectivity index (χ3v) is 3.65. The Morgan fingerprint density at radius 3 is 2.35 bits per heavy atom. The first-order valence-electron chi connectivity index (χ1n) is 6.86. The first-order chi connectivity index (χ1) is 9.25. The SMILES string of the molecule is CC(NCC(CN)C(C)C)c1cccc(C(F)(F)F)c1. The van der Waals surface area contributed by atoms with Crippen molar-refractivity contribution in [3.8, 4) is 0 Å². The highest BCUT2D eigenvalue weighted by Gasteiger charge is 2.30. The lowest BCUT2D eigenvalue weighted by atomic mass is 9.95. The van der Waals surface area contributed by atoms with Crippen LogP contribution < -0.4 is 11.1 Å². The van der Waals surface area contributed by atoms with Crippen LogP contribution >= 0.6 is 0 Å². The van der Waals surface area contributed by atoms with E-state index in [1.54, 1.807) is 6.07 Å². The van der Waals surface area contributed by atoms with Crippen LogP contribution in [0, 0.1) is 11.8 Å². The number of nitrogens with one attached hydrogen (secondary N) is 1. The quantitative estimate of drug-likeness (QED) is 0.839. The second kappa shape index (κ2) is 7.09. The number of hydrogen-bond acceptors (Lipinski definition) is 2. The van der Waals surface area contributed by atoms with Gasteiger partial charge in [-0.15, -0.1) is 0 Å². The lowest BCUT2D eigenvalue weighted by Gasteiger charge is -2.23. The van der Waals surface area contributed by atoms with Gasteiger partial charge in [0.2, 0.25) is 0 Å². The van der Waals surface area contributed by atoms with Gasteiger partial charge in [0.15, 0.2) is 0 Å². The summed E-state index contributed by atoms with van der Waals surface area (Å²) >= 11 is 0. The standard InChI is InChI=1S/C15H23F3N2/c1-10(2)13(8-19)9-20-11(3)12-5-4-6-14(7-12)15(16,17)18/h4-7,10-11,13,20H,8-9,19H2,1-3H3. The van der Waals surface area contributed by atoms with Gasteiger partial charge in [0.05, 0.1) is 5.56 Å². The molecule has 2 atom stereocenters. The molecule has 0 saturated carbocycles. The number of nitrogens with two attached hydrogens (primary N) is 1. The maximum atomic E-state index is 12.7. The van der Waals surface area contributed by atoms with Crippen LogP contribution in [0.1, 0.15) is 37.9 Å². The Labute approximate surface area is 118 Å². The van der Waals surface area contributed by atoms with Gasteiger partial charge in [-0.1, -0.05) is 26.0 Å². The van der Waals surface area contributed by atoms with Gasteiger partial charge in [-0.05, 0) is 49.5 Å². The zero-order valence-corrected chi connectivity index (χ0v) is 12.2. The maximum absolute atomic E-state index is 12.7. The molecule has 5 heteroatoms. The molecule has 0 bridgehead atoms. The Morgan fingerprint density at radius 2 is 1.85 bits per heavy atom. The molecule has 114 valence electrons. The third kappa shape index (κ3) is 4.80. The molecule has 0 fully saturated rings. The summed E-state index contributed by atoms with van der Waals surface area (Å²) in [4.78, 5) is 0. The van der Waals surface area contributed by atoms with Crippen molar-refractivity contribution in [2.45, 2.75) is 33.0 Å². The molecular weight excluding hydrogens is 265 g/mol. The van der Waals surface area contributed by atoms with Gasteiger partial charge in [-0.25, -0.2) is 0 Å². The highest BCUT2D eigenvalue weighted by molar-refractivity contribution is 5.27. The molecule has 0 amide bonds. The summed E-state index contributed by atoms with van der Waals surface area (Å²) in [5.41, 5.74) is 5.72. The minimum Gasteiger partial charge on any atom is -0.330 e. The molecule has 20 heavy (non-hydrogen) atoms. The molecule has 0 aliphatic rings. The van der Waals surface area contributed by atoms with Crippen LogP contribution in [0.4, 0.5) is 13.2 Å². The van der Waals surface area contributed by atoms with E-state index >= 15 is 0 Å². The number of halogens is 3. The number of benzene rings is 1. The van der Waals surface area contributed by atoms with Gasteiger partial charge < -0.3 is 11.1 Å². The van der Waals surface area contributed by atoms with Crippen LogP contribution in [-0.2, 0) is 6.18 Å². The van der Waals surface area contributed by atoms with Crippen molar-refractivity contribution < 1.29 is 13.2 Å². The van der Waals surface area contributed by atoms with Crippen molar-refractivity contribution in [3.05, 3.63) is 35.4 Å². The molecule has 0 heterocycles. The molecular formula is C15H23F3N2. The molecule has 1 aromatic rings. The summed E-state index contributed by atoms with van der Waals surface area (Å²) in [6.07, 6.45) is -4.30. The van der Waals surface area contributed by atoms with E-state index in [4.69, 9.17) is 5.73 Å². The molecule has 2 nitrogen and oxygen atoms in total. The topological polar surface area (TPSA) is 38.0 Å². The van der Waals surface area contributed by atoms with E-state index in [2.05, 4.69) is 19.2 Å². The Balaban J connectivity index is 2.70. The zero-order valence-electron chi connectivity index (χ0n) is 12.2. The molecule has 3 N–H and O–H groups in total. The van der Waals surface area contributed by atoms with E-state index in [0.29, 0.717) is 30.5 Å². The second-order valence-electron chi connectivity index (χ2n) is 5.49. The Morgan fingerprint density at radius 1 is 1.20 bits per heavy atom.